The second kappa shape index (κ2) is 9.95. The van der Waals surface area contributed by atoms with Crippen LogP contribution in [0.1, 0.15) is 17.9 Å². The molecule has 0 saturated carbocycles. The van der Waals surface area contributed by atoms with Crippen molar-refractivity contribution in [3.05, 3.63) is 90.9 Å². The highest BCUT2D eigenvalue weighted by Gasteiger charge is 2.26. The Kier molecular flexibility index (Phi) is 6.40. The molecular weight excluding hydrogens is 469 g/mol. The fourth-order valence-corrected chi connectivity index (χ4v) is 4.05. The standard InChI is InChI=1S/C26H19F3N6O/c27-17-6-4-15(5-7-17)18(12-21(28)29)26(36)35-22-11-16(8-10-32-22)24-23(19-3-1-2-9-31-19)25-20(34-24)13-30-14-33-25/h1-11,13-14,18,21,34H,12H2,(H,32,35,36)/t18-/m1/s1. The minimum absolute atomic E-state index is 0.176. The molecule has 1 aromatic carbocycles. The average molecular weight is 488 g/mol. The highest BCUT2D eigenvalue weighted by molar-refractivity contribution is 6.01. The predicted molar refractivity (Wildman–Crippen MR) is 129 cm³/mol. The summed E-state index contributed by atoms with van der Waals surface area (Å²) < 4.78 is 39.8. The van der Waals surface area contributed by atoms with E-state index in [0.717, 1.165) is 17.7 Å². The lowest BCUT2D eigenvalue weighted by atomic mass is 9.95. The number of hydrogen-bond donors (Lipinski definition) is 2. The molecule has 5 aromatic rings. The summed E-state index contributed by atoms with van der Waals surface area (Å²) in [6, 6.07) is 13.8. The van der Waals surface area contributed by atoms with Gasteiger partial charge in [-0.05, 0) is 42.0 Å². The van der Waals surface area contributed by atoms with E-state index in [0.29, 0.717) is 28.0 Å². The third-order valence-corrected chi connectivity index (χ3v) is 5.68. The molecule has 10 heteroatoms. The molecule has 1 amide bonds. The number of nitrogens with one attached hydrogen (secondary N) is 2. The molecule has 0 bridgehead atoms. The normalized spacial score (nSPS) is 12.1. The smallest absolute Gasteiger partial charge is 0.239 e. The molecular formula is C26H19F3N6O. The number of rotatable bonds is 7. The number of pyridine rings is 2. The molecule has 0 radical (unpaired) electrons. The van der Waals surface area contributed by atoms with Gasteiger partial charge in [0.1, 0.15) is 23.5 Å². The summed E-state index contributed by atoms with van der Waals surface area (Å²) in [6.07, 6.45) is 2.85. The third kappa shape index (κ3) is 4.78. The fourth-order valence-electron chi connectivity index (χ4n) is 4.05. The van der Waals surface area contributed by atoms with Gasteiger partial charge in [0, 0.05) is 24.4 Å². The maximum atomic E-state index is 13.3. The number of H-pyrrole nitrogens is 1. The zero-order valence-corrected chi connectivity index (χ0v) is 18.7. The Morgan fingerprint density at radius 2 is 1.83 bits per heavy atom. The summed E-state index contributed by atoms with van der Waals surface area (Å²) in [4.78, 5) is 33.4. The highest BCUT2D eigenvalue weighted by atomic mass is 19.3. The number of aromatic nitrogens is 5. The Balaban J connectivity index is 1.50. The first-order valence-electron chi connectivity index (χ1n) is 11.0. The van der Waals surface area contributed by atoms with Gasteiger partial charge in [-0.1, -0.05) is 18.2 Å². The van der Waals surface area contributed by atoms with Gasteiger partial charge < -0.3 is 10.3 Å². The van der Waals surface area contributed by atoms with Crippen molar-refractivity contribution < 1.29 is 18.0 Å². The van der Waals surface area contributed by atoms with Gasteiger partial charge in [-0.25, -0.2) is 28.1 Å². The van der Waals surface area contributed by atoms with E-state index in [4.69, 9.17) is 0 Å². The lowest BCUT2D eigenvalue weighted by molar-refractivity contribution is -0.118. The van der Waals surface area contributed by atoms with Crippen molar-refractivity contribution in [2.75, 3.05) is 5.32 Å². The van der Waals surface area contributed by atoms with Gasteiger partial charge in [-0.2, -0.15) is 0 Å². The summed E-state index contributed by atoms with van der Waals surface area (Å²) >= 11 is 0. The number of fused-ring (bicyclic) bond motifs is 1. The van der Waals surface area contributed by atoms with E-state index in [-0.39, 0.29) is 11.4 Å². The van der Waals surface area contributed by atoms with Gasteiger partial charge in [-0.15, -0.1) is 0 Å². The number of benzene rings is 1. The van der Waals surface area contributed by atoms with E-state index < -0.39 is 30.5 Å². The van der Waals surface area contributed by atoms with Crippen LogP contribution in [0.25, 0.3) is 33.5 Å². The zero-order valence-electron chi connectivity index (χ0n) is 18.7. The minimum Gasteiger partial charge on any atom is -0.351 e. The van der Waals surface area contributed by atoms with Gasteiger partial charge in [-0.3, -0.25) is 9.78 Å². The van der Waals surface area contributed by atoms with Crippen LogP contribution in [-0.4, -0.2) is 37.3 Å². The first-order valence-corrected chi connectivity index (χ1v) is 11.0. The second-order valence-electron chi connectivity index (χ2n) is 8.02. The van der Waals surface area contributed by atoms with Gasteiger partial charge in [0.05, 0.1) is 34.6 Å². The van der Waals surface area contributed by atoms with Gasteiger partial charge in [0.15, 0.2) is 0 Å². The topological polar surface area (TPSA) is 96.5 Å². The molecule has 180 valence electrons. The molecule has 7 nitrogen and oxygen atoms in total. The quantitative estimate of drug-likeness (QED) is 0.311. The number of amides is 1. The Morgan fingerprint density at radius 1 is 1.00 bits per heavy atom. The molecule has 0 fully saturated rings. The number of hydrogen-bond acceptors (Lipinski definition) is 5. The third-order valence-electron chi connectivity index (χ3n) is 5.68. The molecule has 0 saturated heterocycles. The average Bonchev–Trinajstić information content (AvgIpc) is 3.28. The summed E-state index contributed by atoms with van der Waals surface area (Å²) in [5.74, 6) is -2.19. The van der Waals surface area contributed by atoms with E-state index in [9.17, 15) is 18.0 Å². The summed E-state index contributed by atoms with van der Waals surface area (Å²) in [7, 11) is 0. The van der Waals surface area contributed by atoms with Gasteiger partial charge in [0.25, 0.3) is 0 Å². The van der Waals surface area contributed by atoms with Crippen molar-refractivity contribution >= 4 is 22.8 Å². The molecule has 0 aliphatic carbocycles. The van der Waals surface area contributed by atoms with Crippen LogP contribution in [0.2, 0.25) is 0 Å². The van der Waals surface area contributed by atoms with Crippen LogP contribution in [0.3, 0.4) is 0 Å². The summed E-state index contributed by atoms with van der Waals surface area (Å²) in [5, 5.41) is 2.63. The van der Waals surface area contributed by atoms with Crippen molar-refractivity contribution in [1.82, 2.24) is 24.9 Å². The Hall–Kier alpha value is -4.60. The van der Waals surface area contributed by atoms with Crippen LogP contribution in [0, 0.1) is 5.82 Å². The molecule has 0 unspecified atom stereocenters. The molecule has 4 aromatic heterocycles. The van der Waals surface area contributed by atoms with Crippen molar-refractivity contribution in [3.63, 3.8) is 0 Å². The van der Waals surface area contributed by atoms with Crippen molar-refractivity contribution in [1.29, 1.82) is 0 Å². The van der Waals surface area contributed by atoms with Crippen LogP contribution in [0.4, 0.5) is 19.0 Å². The number of aromatic amines is 1. The fraction of sp³-hybridized carbons (Fsp3) is 0.115. The maximum Gasteiger partial charge on any atom is 0.239 e. The van der Waals surface area contributed by atoms with E-state index >= 15 is 0 Å². The molecule has 0 aliphatic rings. The van der Waals surface area contributed by atoms with Crippen LogP contribution in [0.15, 0.2) is 79.5 Å². The van der Waals surface area contributed by atoms with Crippen LogP contribution >= 0.6 is 0 Å². The zero-order chi connectivity index (χ0) is 25.1. The number of alkyl halides is 2. The first-order chi connectivity index (χ1) is 17.5. The van der Waals surface area contributed by atoms with E-state index in [1.54, 1.807) is 24.5 Å². The van der Waals surface area contributed by atoms with Crippen molar-refractivity contribution in [2.45, 2.75) is 18.8 Å². The Morgan fingerprint density at radius 3 is 2.58 bits per heavy atom. The maximum absolute atomic E-state index is 13.3. The molecule has 1 atom stereocenters. The van der Waals surface area contributed by atoms with Crippen LogP contribution in [0.5, 0.6) is 0 Å². The molecule has 2 N–H and O–H groups in total. The number of nitrogens with zero attached hydrogens (tertiary/aromatic N) is 4. The number of carbonyl (C=O) groups excluding carboxylic acids is 1. The van der Waals surface area contributed by atoms with Gasteiger partial charge >= 0.3 is 0 Å². The van der Waals surface area contributed by atoms with E-state index in [2.05, 4.69) is 30.2 Å². The minimum atomic E-state index is -2.72. The molecule has 5 rings (SSSR count). The largest absolute Gasteiger partial charge is 0.351 e. The molecule has 0 spiro atoms. The molecule has 4 heterocycles. The lowest BCUT2D eigenvalue weighted by Gasteiger charge is -2.17. The second-order valence-corrected chi connectivity index (χ2v) is 8.02. The van der Waals surface area contributed by atoms with Crippen LogP contribution in [-0.2, 0) is 4.79 Å². The van der Waals surface area contributed by atoms with Crippen LogP contribution < -0.4 is 5.32 Å². The van der Waals surface area contributed by atoms with Crippen molar-refractivity contribution in [2.24, 2.45) is 0 Å². The predicted octanol–water partition coefficient (Wildman–Crippen LogP) is 5.60. The summed E-state index contributed by atoms with van der Waals surface area (Å²) in [5.41, 5.74) is 4.46. The number of carbonyl (C=O) groups is 1. The first kappa shape index (κ1) is 23.2. The Bertz CT molecular complexity index is 1510. The molecule has 0 aliphatic heterocycles. The lowest BCUT2D eigenvalue weighted by Crippen LogP contribution is -2.23. The van der Waals surface area contributed by atoms with Crippen molar-refractivity contribution in [3.8, 4) is 22.5 Å². The SMILES string of the molecule is O=C(Nc1cc(-c2[nH]c3cncnc3c2-c2ccccn2)ccn1)[C@H](CC(F)F)c1ccc(F)cc1. The van der Waals surface area contributed by atoms with E-state index in [1.807, 2.05) is 18.2 Å². The monoisotopic (exact) mass is 488 g/mol. The number of anilines is 1. The Labute approximate surface area is 203 Å². The number of halogens is 3. The van der Waals surface area contributed by atoms with E-state index in [1.165, 1.54) is 24.7 Å². The van der Waals surface area contributed by atoms with Gasteiger partial charge in [0.2, 0.25) is 12.3 Å². The summed E-state index contributed by atoms with van der Waals surface area (Å²) in [6.45, 7) is 0. The molecule has 36 heavy (non-hydrogen) atoms. The highest BCUT2D eigenvalue weighted by Crippen LogP contribution is 2.36.